The van der Waals surface area contributed by atoms with Crippen molar-refractivity contribution in [1.29, 1.82) is 0 Å². The fourth-order valence-electron chi connectivity index (χ4n) is 5.89. The van der Waals surface area contributed by atoms with Crippen LogP contribution in [0, 0.1) is 20.8 Å². The van der Waals surface area contributed by atoms with Gasteiger partial charge >= 0.3 is 0 Å². The molecule has 2 atom stereocenters. The number of aromatic amines is 1. The smallest absolute Gasteiger partial charge is 0.254 e. The SMILES string of the molecule is Cc1cc(C)cc(Nc2ncc3c(n2)CN([C@@H]2CCN(C(=O)c4ccc5[nH]nnc5c4C)[C@H](C)C2)C3)c1. The summed E-state index contributed by atoms with van der Waals surface area (Å²) in [6.07, 6.45) is 3.83. The van der Waals surface area contributed by atoms with Gasteiger partial charge in [-0.15, -0.1) is 5.10 Å². The molecular weight excluding hydrogens is 464 g/mol. The van der Waals surface area contributed by atoms with Gasteiger partial charge in [0.15, 0.2) is 0 Å². The third-order valence-electron chi connectivity index (χ3n) is 7.77. The first-order chi connectivity index (χ1) is 17.9. The number of nitrogens with one attached hydrogen (secondary N) is 2. The van der Waals surface area contributed by atoms with Gasteiger partial charge in [-0.25, -0.2) is 9.97 Å². The van der Waals surface area contributed by atoms with E-state index in [2.05, 4.69) is 69.6 Å². The number of aromatic nitrogens is 5. The number of nitrogens with zero attached hydrogens (tertiary/aromatic N) is 6. The first-order valence-corrected chi connectivity index (χ1v) is 12.9. The standard InChI is InChI=1S/C28H32N8O/c1-16-9-17(2)11-21(10-16)30-28-29-13-20-14-35(15-25(20)31-28)22-7-8-36(18(3)12-22)27(37)23-5-6-24-26(19(23)4)33-34-32-24/h5-6,9-11,13,18,22H,7-8,12,14-15H2,1-4H3,(H,29,30,31)(H,32,33,34)/t18-,22-/m1/s1. The lowest BCUT2D eigenvalue weighted by Gasteiger charge is -2.41. The molecule has 0 unspecified atom stereocenters. The number of carbonyl (C=O) groups is 1. The summed E-state index contributed by atoms with van der Waals surface area (Å²) in [5, 5.41) is 14.3. The van der Waals surface area contributed by atoms with Crippen molar-refractivity contribution in [3.63, 3.8) is 0 Å². The van der Waals surface area contributed by atoms with Crippen LogP contribution in [0.1, 0.15) is 58.1 Å². The fourth-order valence-corrected chi connectivity index (χ4v) is 5.89. The van der Waals surface area contributed by atoms with Gasteiger partial charge in [-0.05, 0) is 81.5 Å². The zero-order valence-electron chi connectivity index (χ0n) is 21.7. The Bertz CT molecular complexity index is 1470. The Balaban J connectivity index is 1.11. The third kappa shape index (κ3) is 4.44. The molecule has 0 aliphatic carbocycles. The summed E-state index contributed by atoms with van der Waals surface area (Å²) in [7, 11) is 0. The van der Waals surface area contributed by atoms with Crippen LogP contribution in [0.2, 0.25) is 0 Å². The molecule has 9 nitrogen and oxygen atoms in total. The summed E-state index contributed by atoms with van der Waals surface area (Å²) < 4.78 is 0. The first kappa shape index (κ1) is 23.5. The van der Waals surface area contributed by atoms with E-state index in [0.29, 0.717) is 17.6 Å². The third-order valence-corrected chi connectivity index (χ3v) is 7.77. The molecule has 2 aliphatic heterocycles. The van der Waals surface area contributed by atoms with Crippen LogP contribution >= 0.6 is 0 Å². The molecule has 9 heteroatoms. The van der Waals surface area contributed by atoms with Crippen LogP contribution in [0.5, 0.6) is 0 Å². The second kappa shape index (κ2) is 9.23. The van der Waals surface area contributed by atoms with Gasteiger partial charge < -0.3 is 10.2 Å². The Labute approximate surface area is 216 Å². The number of carbonyl (C=O) groups excluding carboxylic acids is 1. The average molecular weight is 497 g/mol. The monoisotopic (exact) mass is 496 g/mol. The molecule has 190 valence electrons. The number of hydrogen-bond donors (Lipinski definition) is 2. The largest absolute Gasteiger partial charge is 0.336 e. The molecule has 4 heterocycles. The highest BCUT2D eigenvalue weighted by molar-refractivity contribution is 5.99. The summed E-state index contributed by atoms with van der Waals surface area (Å²) in [6, 6.07) is 10.7. The van der Waals surface area contributed by atoms with Gasteiger partial charge in [0.05, 0.1) is 11.2 Å². The van der Waals surface area contributed by atoms with Gasteiger partial charge in [-0.1, -0.05) is 11.3 Å². The highest BCUT2D eigenvalue weighted by Crippen LogP contribution is 2.31. The quantitative estimate of drug-likeness (QED) is 0.431. The van der Waals surface area contributed by atoms with Crippen LogP contribution in [0.3, 0.4) is 0 Å². The topological polar surface area (TPSA) is 103 Å². The molecule has 1 fully saturated rings. The second-order valence-corrected chi connectivity index (χ2v) is 10.5. The number of H-pyrrole nitrogens is 1. The van der Waals surface area contributed by atoms with Crippen LogP contribution in [0.15, 0.2) is 36.5 Å². The fraction of sp³-hybridized carbons (Fsp3) is 0.393. The van der Waals surface area contributed by atoms with Crippen LogP contribution in [0.25, 0.3) is 11.0 Å². The molecule has 0 radical (unpaired) electrons. The van der Waals surface area contributed by atoms with Crippen molar-refractivity contribution >= 4 is 28.6 Å². The number of likely N-dealkylation sites (tertiary alicyclic amines) is 1. The highest BCUT2D eigenvalue weighted by atomic mass is 16.2. The Morgan fingerprint density at radius 3 is 2.70 bits per heavy atom. The van der Waals surface area contributed by atoms with E-state index in [0.717, 1.165) is 60.5 Å². The number of fused-ring (bicyclic) bond motifs is 2. The van der Waals surface area contributed by atoms with E-state index in [1.807, 2.05) is 30.2 Å². The van der Waals surface area contributed by atoms with Crippen LogP contribution < -0.4 is 5.32 Å². The summed E-state index contributed by atoms with van der Waals surface area (Å²) in [4.78, 5) is 27.4. The summed E-state index contributed by atoms with van der Waals surface area (Å²) in [5.41, 5.74) is 8.91. The van der Waals surface area contributed by atoms with Crippen LogP contribution in [-0.4, -0.2) is 59.7 Å². The van der Waals surface area contributed by atoms with E-state index in [-0.39, 0.29) is 11.9 Å². The van der Waals surface area contributed by atoms with E-state index < -0.39 is 0 Å². The van der Waals surface area contributed by atoms with Gasteiger partial charge in [0.25, 0.3) is 5.91 Å². The lowest BCUT2D eigenvalue weighted by molar-refractivity contribution is 0.0460. The number of hydrogen-bond acceptors (Lipinski definition) is 7. The Morgan fingerprint density at radius 2 is 1.92 bits per heavy atom. The van der Waals surface area contributed by atoms with E-state index in [9.17, 15) is 4.79 Å². The molecule has 6 rings (SSSR count). The predicted molar refractivity (Wildman–Crippen MR) is 143 cm³/mol. The molecule has 1 saturated heterocycles. The van der Waals surface area contributed by atoms with Crippen molar-refractivity contribution in [3.05, 3.63) is 70.0 Å². The Kier molecular flexibility index (Phi) is 5.87. The summed E-state index contributed by atoms with van der Waals surface area (Å²) in [5.74, 6) is 0.713. The van der Waals surface area contributed by atoms with E-state index in [1.54, 1.807) is 0 Å². The lowest BCUT2D eigenvalue weighted by Crippen LogP contribution is -2.50. The van der Waals surface area contributed by atoms with Crippen molar-refractivity contribution in [3.8, 4) is 0 Å². The predicted octanol–water partition coefficient (Wildman–Crippen LogP) is 4.43. The summed E-state index contributed by atoms with van der Waals surface area (Å²) >= 11 is 0. The maximum Gasteiger partial charge on any atom is 0.254 e. The molecule has 4 aromatic rings. The number of aryl methyl sites for hydroxylation is 3. The second-order valence-electron chi connectivity index (χ2n) is 10.5. The lowest BCUT2D eigenvalue weighted by atomic mass is 9.95. The van der Waals surface area contributed by atoms with Crippen LogP contribution in [0.4, 0.5) is 11.6 Å². The van der Waals surface area contributed by atoms with Crippen molar-refractivity contribution in [1.82, 2.24) is 35.2 Å². The van der Waals surface area contributed by atoms with Gasteiger partial charge in [0, 0.05) is 54.7 Å². The van der Waals surface area contributed by atoms with E-state index in [1.165, 1.54) is 16.7 Å². The minimum atomic E-state index is 0.0750. The highest BCUT2D eigenvalue weighted by Gasteiger charge is 2.35. The normalized spacial score (nSPS) is 19.8. The van der Waals surface area contributed by atoms with Crippen molar-refractivity contribution in [2.45, 2.75) is 65.7 Å². The number of amides is 1. The maximum absolute atomic E-state index is 13.5. The Hall–Kier alpha value is -3.85. The molecule has 2 N–H and O–H groups in total. The van der Waals surface area contributed by atoms with Crippen molar-refractivity contribution in [2.75, 3.05) is 11.9 Å². The van der Waals surface area contributed by atoms with Gasteiger partial charge in [-0.3, -0.25) is 14.8 Å². The number of anilines is 2. The molecule has 2 aromatic carbocycles. The van der Waals surface area contributed by atoms with E-state index >= 15 is 0 Å². The van der Waals surface area contributed by atoms with Crippen LogP contribution in [-0.2, 0) is 13.1 Å². The molecule has 2 aromatic heterocycles. The maximum atomic E-state index is 13.5. The first-order valence-electron chi connectivity index (χ1n) is 12.9. The zero-order valence-corrected chi connectivity index (χ0v) is 21.7. The number of benzene rings is 2. The molecular formula is C28H32N8O. The number of rotatable bonds is 4. The molecule has 1 amide bonds. The van der Waals surface area contributed by atoms with E-state index in [4.69, 9.17) is 4.98 Å². The Morgan fingerprint density at radius 1 is 1.11 bits per heavy atom. The molecule has 0 bridgehead atoms. The molecule has 0 spiro atoms. The zero-order chi connectivity index (χ0) is 25.7. The minimum Gasteiger partial charge on any atom is -0.336 e. The van der Waals surface area contributed by atoms with Gasteiger partial charge in [0.2, 0.25) is 5.95 Å². The van der Waals surface area contributed by atoms with Crippen molar-refractivity contribution in [2.24, 2.45) is 0 Å². The minimum absolute atomic E-state index is 0.0750. The van der Waals surface area contributed by atoms with Gasteiger partial charge in [0.1, 0.15) is 5.52 Å². The van der Waals surface area contributed by atoms with Gasteiger partial charge in [-0.2, -0.15) is 0 Å². The molecule has 37 heavy (non-hydrogen) atoms. The number of piperidine rings is 1. The average Bonchev–Trinajstić information content (AvgIpc) is 3.50. The molecule has 2 aliphatic rings. The molecule has 0 saturated carbocycles. The summed E-state index contributed by atoms with van der Waals surface area (Å²) in [6.45, 7) is 10.7. The van der Waals surface area contributed by atoms with Crippen molar-refractivity contribution < 1.29 is 4.79 Å².